The minimum atomic E-state index is -0.862. The molecule has 21 heavy (non-hydrogen) atoms. The van der Waals surface area contributed by atoms with Crippen LogP contribution in [0, 0.1) is 5.92 Å². The number of carbonyl (C=O) groups excluding carboxylic acids is 1. The van der Waals surface area contributed by atoms with Crippen molar-refractivity contribution in [3.63, 3.8) is 0 Å². The second-order valence-corrected chi connectivity index (χ2v) is 5.98. The maximum absolute atomic E-state index is 11.9. The molecule has 0 aliphatic heterocycles. The molecule has 1 aliphatic rings. The second-order valence-electron chi connectivity index (χ2n) is 5.06. The molecule has 0 heterocycles. The van der Waals surface area contributed by atoms with Crippen LogP contribution in [-0.2, 0) is 4.79 Å². The smallest absolute Gasteiger partial charge is 0.315 e. The number of urea groups is 1. The molecule has 3 unspecified atom stereocenters. The fourth-order valence-corrected chi connectivity index (χ4v) is 2.49. The van der Waals surface area contributed by atoms with Crippen LogP contribution < -0.4 is 10.6 Å². The first-order valence-corrected chi connectivity index (χ1v) is 7.48. The van der Waals surface area contributed by atoms with Gasteiger partial charge < -0.3 is 15.7 Å². The average Bonchev–Trinajstić information content (AvgIpc) is 2.87. The van der Waals surface area contributed by atoms with Gasteiger partial charge in [0.15, 0.2) is 0 Å². The Morgan fingerprint density at radius 3 is 2.52 bits per heavy atom. The number of amides is 2. The highest BCUT2D eigenvalue weighted by atomic mass is 79.9. The molecule has 0 saturated heterocycles. The van der Waals surface area contributed by atoms with Crippen molar-refractivity contribution in [1.82, 2.24) is 10.6 Å². The Kier molecular flexibility index (Phi) is 5.01. The Bertz CT molecular complexity index is 557. The molecule has 112 valence electrons. The predicted octanol–water partition coefficient (Wildman–Crippen LogP) is 2.84. The molecular weight excluding hydrogens is 336 g/mol. The van der Waals surface area contributed by atoms with Gasteiger partial charge in [-0.1, -0.05) is 40.2 Å². The lowest BCUT2D eigenvalue weighted by molar-refractivity contribution is -0.140. The maximum Gasteiger partial charge on any atom is 0.315 e. The van der Waals surface area contributed by atoms with Crippen molar-refractivity contribution in [3.8, 4) is 0 Å². The number of carboxylic acids is 1. The quantitative estimate of drug-likeness (QED) is 0.729. The number of rotatable bonds is 4. The molecule has 1 aromatic rings. The Morgan fingerprint density at radius 1 is 1.29 bits per heavy atom. The lowest BCUT2D eigenvalue weighted by Crippen LogP contribution is -2.42. The standard InChI is InChI=1S/C15H17BrN2O3/c1-9(10-2-5-12(16)6-3-10)17-15(21)18-13-7-4-11(8-13)14(19)20/h2-7,9,11,13H,8H2,1H3,(H,19,20)(H2,17,18,21). The van der Waals surface area contributed by atoms with Gasteiger partial charge in [-0.2, -0.15) is 0 Å². The first-order valence-electron chi connectivity index (χ1n) is 6.69. The zero-order valence-electron chi connectivity index (χ0n) is 11.5. The molecule has 0 fully saturated rings. The van der Waals surface area contributed by atoms with E-state index in [0.717, 1.165) is 10.0 Å². The molecule has 6 heteroatoms. The van der Waals surface area contributed by atoms with Gasteiger partial charge in [0, 0.05) is 4.47 Å². The van der Waals surface area contributed by atoms with Crippen molar-refractivity contribution >= 4 is 27.9 Å². The van der Waals surface area contributed by atoms with Crippen LogP contribution in [0.5, 0.6) is 0 Å². The Balaban J connectivity index is 1.84. The summed E-state index contributed by atoms with van der Waals surface area (Å²) in [7, 11) is 0. The highest BCUT2D eigenvalue weighted by Gasteiger charge is 2.25. The molecular formula is C15H17BrN2O3. The third-order valence-corrected chi connectivity index (χ3v) is 3.96. The van der Waals surface area contributed by atoms with Gasteiger partial charge >= 0.3 is 12.0 Å². The average molecular weight is 353 g/mol. The summed E-state index contributed by atoms with van der Waals surface area (Å²) in [4.78, 5) is 22.8. The van der Waals surface area contributed by atoms with Crippen molar-refractivity contribution in [3.05, 3.63) is 46.5 Å². The van der Waals surface area contributed by atoms with Gasteiger partial charge in [0.2, 0.25) is 0 Å². The topological polar surface area (TPSA) is 78.4 Å². The van der Waals surface area contributed by atoms with Gasteiger partial charge in [0.1, 0.15) is 0 Å². The van der Waals surface area contributed by atoms with Crippen molar-refractivity contribution in [2.75, 3.05) is 0 Å². The lowest BCUT2D eigenvalue weighted by Gasteiger charge is -2.18. The van der Waals surface area contributed by atoms with Crippen LogP contribution in [-0.4, -0.2) is 23.1 Å². The van der Waals surface area contributed by atoms with Crippen LogP contribution in [0.1, 0.15) is 24.9 Å². The van der Waals surface area contributed by atoms with E-state index in [1.807, 2.05) is 31.2 Å². The molecule has 1 aliphatic carbocycles. The molecule has 2 rings (SSSR count). The van der Waals surface area contributed by atoms with E-state index in [1.54, 1.807) is 12.2 Å². The van der Waals surface area contributed by atoms with Crippen molar-refractivity contribution in [2.24, 2.45) is 5.92 Å². The van der Waals surface area contributed by atoms with E-state index in [9.17, 15) is 9.59 Å². The minimum absolute atomic E-state index is 0.126. The first kappa shape index (κ1) is 15.6. The van der Waals surface area contributed by atoms with E-state index < -0.39 is 11.9 Å². The summed E-state index contributed by atoms with van der Waals surface area (Å²) in [5.74, 6) is -1.38. The van der Waals surface area contributed by atoms with Crippen LogP contribution in [0.25, 0.3) is 0 Å². The van der Waals surface area contributed by atoms with Crippen molar-refractivity contribution in [2.45, 2.75) is 25.4 Å². The van der Waals surface area contributed by atoms with Gasteiger partial charge in [-0.15, -0.1) is 0 Å². The van der Waals surface area contributed by atoms with E-state index in [1.165, 1.54) is 0 Å². The molecule has 3 N–H and O–H groups in total. The summed E-state index contributed by atoms with van der Waals surface area (Å²) < 4.78 is 0.985. The molecule has 5 nitrogen and oxygen atoms in total. The number of aliphatic carboxylic acids is 1. The molecule has 3 atom stereocenters. The Hall–Kier alpha value is -1.82. The monoisotopic (exact) mass is 352 g/mol. The molecule has 0 aromatic heterocycles. The number of halogens is 1. The molecule has 0 bridgehead atoms. The van der Waals surface area contributed by atoms with Crippen LogP contribution >= 0.6 is 15.9 Å². The van der Waals surface area contributed by atoms with Gasteiger partial charge in [0.25, 0.3) is 0 Å². The van der Waals surface area contributed by atoms with Crippen LogP contribution in [0.3, 0.4) is 0 Å². The normalized spacial score (nSPS) is 21.8. The number of hydrogen-bond donors (Lipinski definition) is 3. The summed E-state index contributed by atoms with van der Waals surface area (Å²) in [6.07, 6.45) is 3.74. The van der Waals surface area contributed by atoms with Crippen LogP contribution in [0.4, 0.5) is 4.79 Å². The van der Waals surface area contributed by atoms with Gasteiger partial charge in [0.05, 0.1) is 18.0 Å². The molecule has 0 spiro atoms. The van der Waals surface area contributed by atoms with Crippen molar-refractivity contribution in [1.29, 1.82) is 0 Å². The Morgan fingerprint density at radius 2 is 1.95 bits per heavy atom. The SMILES string of the molecule is CC(NC(=O)NC1C=CC(C(=O)O)C1)c1ccc(Br)cc1. The lowest BCUT2D eigenvalue weighted by atomic mass is 10.1. The highest BCUT2D eigenvalue weighted by Crippen LogP contribution is 2.19. The predicted molar refractivity (Wildman–Crippen MR) is 82.9 cm³/mol. The summed E-state index contributed by atoms with van der Waals surface area (Å²) in [6, 6.07) is 7.05. The maximum atomic E-state index is 11.9. The molecule has 1 aromatic carbocycles. The van der Waals surface area contributed by atoms with Gasteiger partial charge in [-0.05, 0) is 31.0 Å². The number of hydrogen-bond acceptors (Lipinski definition) is 2. The van der Waals surface area contributed by atoms with Crippen molar-refractivity contribution < 1.29 is 14.7 Å². The third kappa shape index (κ3) is 4.32. The zero-order valence-corrected chi connectivity index (χ0v) is 13.1. The van der Waals surface area contributed by atoms with E-state index in [0.29, 0.717) is 6.42 Å². The summed E-state index contributed by atoms with van der Waals surface area (Å²) in [5, 5.41) is 14.5. The molecule has 0 radical (unpaired) electrons. The first-order chi connectivity index (χ1) is 9.95. The fourth-order valence-electron chi connectivity index (χ4n) is 2.23. The summed E-state index contributed by atoms with van der Waals surface area (Å²) in [5.41, 5.74) is 0.999. The van der Waals surface area contributed by atoms with Crippen LogP contribution in [0.15, 0.2) is 40.9 Å². The number of carbonyl (C=O) groups is 2. The van der Waals surface area contributed by atoms with E-state index >= 15 is 0 Å². The molecule has 0 saturated carbocycles. The summed E-state index contributed by atoms with van der Waals surface area (Å²) >= 11 is 3.37. The second kappa shape index (κ2) is 6.76. The number of nitrogens with one attached hydrogen (secondary N) is 2. The summed E-state index contributed by atoms with van der Waals surface area (Å²) in [6.45, 7) is 1.90. The van der Waals surface area contributed by atoms with Gasteiger partial charge in [-0.3, -0.25) is 4.79 Å². The van der Waals surface area contributed by atoms with Crippen LogP contribution in [0.2, 0.25) is 0 Å². The fraction of sp³-hybridized carbons (Fsp3) is 0.333. The van der Waals surface area contributed by atoms with E-state index in [-0.39, 0.29) is 18.1 Å². The number of benzene rings is 1. The third-order valence-electron chi connectivity index (χ3n) is 3.43. The van der Waals surface area contributed by atoms with E-state index in [4.69, 9.17) is 5.11 Å². The minimum Gasteiger partial charge on any atom is -0.481 e. The highest BCUT2D eigenvalue weighted by molar-refractivity contribution is 9.10. The Labute approximate surface area is 131 Å². The van der Waals surface area contributed by atoms with Gasteiger partial charge in [-0.25, -0.2) is 4.79 Å². The molecule has 2 amide bonds. The van der Waals surface area contributed by atoms with E-state index in [2.05, 4.69) is 26.6 Å². The number of carboxylic acid groups (broad SMARTS) is 1. The largest absolute Gasteiger partial charge is 0.481 e. The zero-order chi connectivity index (χ0) is 15.4.